The standard InChI is InChI=1S/C15H14Cl2N2O3/c1-21-9-3-4-13(12(18)7-9)19-15(20)8-5-10(16)14(22-2)11(17)6-8/h3-7H,18H2,1-2H3,(H,19,20). The number of ether oxygens (including phenoxy) is 2. The number of nitrogens with one attached hydrogen (secondary N) is 1. The molecule has 0 fully saturated rings. The topological polar surface area (TPSA) is 73.6 Å². The van der Waals surface area contributed by atoms with Gasteiger partial charge in [-0.3, -0.25) is 4.79 Å². The number of methoxy groups -OCH3 is 2. The molecule has 2 aromatic rings. The summed E-state index contributed by atoms with van der Waals surface area (Å²) in [6, 6.07) is 7.91. The summed E-state index contributed by atoms with van der Waals surface area (Å²) in [7, 11) is 2.99. The van der Waals surface area contributed by atoms with Crippen molar-refractivity contribution in [3.63, 3.8) is 0 Å². The SMILES string of the molecule is COc1ccc(NC(=O)c2cc(Cl)c(OC)c(Cl)c2)c(N)c1. The van der Waals surface area contributed by atoms with Gasteiger partial charge in [0.15, 0.2) is 5.75 Å². The van der Waals surface area contributed by atoms with Crippen LogP contribution in [0, 0.1) is 0 Å². The molecule has 116 valence electrons. The molecule has 0 heterocycles. The van der Waals surface area contributed by atoms with Crippen LogP contribution in [0.3, 0.4) is 0 Å². The van der Waals surface area contributed by atoms with Crippen molar-refractivity contribution in [2.24, 2.45) is 0 Å². The Hall–Kier alpha value is -2.11. The molecule has 1 amide bonds. The molecule has 0 saturated carbocycles. The molecule has 0 aliphatic carbocycles. The lowest BCUT2D eigenvalue weighted by Crippen LogP contribution is -2.13. The van der Waals surface area contributed by atoms with Crippen LogP contribution in [0.2, 0.25) is 10.0 Å². The van der Waals surface area contributed by atoms with Gasteiger partial charge in [-0.2, -0.15) is 0 Å². The van der Waals surface area contributed by atoms with Crippen molar-refractivity contribution in [1.82, 2.24) is 0 Å². The lowest BCUT2D eigenvalue weighted by molar-refractivity contribution is 0.102. The van der Waals surface area contributed by atoms with Crippen molar-refractivity contribution in [3.05, 3.63) is 45.9 Å². The second-order valence-electron chi connectivity index (χ2n) is 4.38. The molecule has 3 N–H and O–H groups in total. The summed E-state index contributed by atoms with van der Waals surface area (Å²) in [5.74, 6) is 0.540. The van der Waals surface area contributed by atoms with Gasteiger partial charge in [0.2, 0.25) is 0 Å². The maximum absolute atomic E-state index is 12.3. The van der Waals surface area contributed by atoms with Gasteiger partial charge in [0, 0.05) is 11.6 Å². The number of nitrogens with two attached hydrogens (primary N) is 1. The molecule has 0 atom stereocenters. The van der Waals surface area contributed by atoms with Gasteiger partial charge in [0.05, 0.1) is 35.6 Å². The molecule has 7 heteroatoms. The van der Waals surface area contributed by atoms with Crippen LogP contribution in [0.25, 0.3) is 0 Å². The fraction of sp³-hybridized carbons (Fsp3) is 0.133. The molecule has 0 unspecified atom stereocenters. The first-order chi connectivity index (χ1) is 10.5. The van der Waals surface area contributed by atoms with Crippen LogP contribution >= 0.6 is 23.2 Å². The van der Waals surface area contributed by atoms with Crippen LogP contribution in [-0.4, -0.2) is 20.1 Å². The second kappa shape index (κ2) is 6.77. The summed E-state index contributed by atoms with van der Waals surface area (Å²) in [6.45, 7) is 0. The molecule has 0 saturated heterocycles. The minimum absolute atomic E-state index is 0.253. The molecule has 0 aliphatic rings. The van der Waals surface area contributed by atoms with Crippen LogP contribution in [0.5, 0.6) is 11.5 Å². The number of hydrogen-bond donors (Lipinski definition) is 2. The molecule has 0 spiro atoms. The third kappa shape index (κ3) is 3.37. The van der Waals surface area contributed by atoms with E-state index >= 15 is 0 Å². The van der Waals surface area contributed by atoms with E-state index in [4.69, 9.17) is 38.4 Å². The van der Waals surface area contributed by atoms with Crippen molar-refractivity contribution in [1.29, 1.82) is 0 Å². The largest absolute Gasteiger partial charge is 0.497 e. The van der Waals surface area contributed by atoms with E-state index in [0.717, 1.165) is 0 Å². The van der Waals surface area contributed by atoms with Crippen LogP contribution in [0.15, 0.2) is 30.3 Å². The Labute approximate surface area is 137 Å². The van der Waals surface area contributed by atoms with Crippen molar-refractivity contribution in [3.8, 4) is 11.5 Å². The highest BCUT2D eigenvalue weighted by Crippen LogP contribution is 2.34. The Kier molecular flexibility index (Phi) is 5.00. The molecule has 0 aromatic heterocycles. The molecule has 2 aromatic carbocycles. The maximum atomic E-state index is 12.3. The van der Waals surface area contributed by atoms with Crippen LogP contribution < -0.4 is 20.5 Å². The average molecular weight is 341 g/mol. The van der Waals surface area contributed by atoms with E-state index in [0.29, 0.717) is 28.4 Å². The number of carbonyl (C=O) groups excluding carboxylic acids is 1. The van der Waals surface area contributed by atoms with E-state index in [2.05, 4.69) is 5.32 Å². The van der Waals surface area contributed by atoms with Crippen molar-refractivity contribution >= 4 is 40.5 Å². The van der Waals surface area contributed by atoms with Gasteiger partial charge in [-0.25, -0.2) is 0 Å². The van der Waals surface area contributed by atoms with Crippen molar-refractivity contribution in [2.75, 3.05) is 25.3 Å². The summed E-state index contributed by atoms with van der Waals surface area (Å²) in [4.78, 5) is 12.3. The molecule has 0 aliphatic heterocycles. The zero-order valence-electron chi connectivity index (χ0n) is 11.9. The number of benzene rings is 2. The molecule has 0 bridgehead atoms. The normalized spacial score (nSPS) is 10.2. The lowest BCUT2D eigenvalue weighted by Gasteiger charge is -2.11. The van der Waals surface area contributed by atoms with Gasteiger partial charge in [-0.15, -0.1) is 0 Å². The third-order valence-corrected chi connectivity index (χ3v) is 3.53. The van der Waals surface area contributed by atoms with Crippen LogP contribution in [-0.2, 0) is 0 Å². The van der Waals surface area contributed by atoms with Crippen LogP contribution in [0.4, 0.5) is 11.4 Å². The molecular formula is C15H14Cl2N2O3. The predicted octanol–water partition coefficient (Wildman–Crippen LogP) is 3.85. The Balaban J connectivity index is 2.26. The van der Waals surface area contributed by atoms with E-state index in [1.807, 2.05) is 0 Å². The van der Waals surface area contributed by atoms with E-state index in [-0.39, 0.29) is 16.0 Å². The molecule has 5 nitrogen and oxygen atoms in total. The Morgan fingerprint density at radius 1 is 1.09 bits per heavy atom. The van der Waals surface area contributed by atoms with E-state index in [9.17, 15) is 4.79 Å². The number of anilines is 2. The van der Waals surface area contributed by atoms with Crippen molar-refractivity contribution < 1.29 is 14.3 Å². The Morgan fingerprint density at radius 3 is 2.23 bits per heavy atom. The number of nitrogen functional groups attached to an aromatic ring is 1. The number of amides is 1. The molecular weight excluding hydrogens is 327 g/mol. The minimum atomic E-state index is -0.386. The van der Waals surface area contributed by atoms with E-state index in [1.54, 1.807) is 18.2 Å². The quantitative estimate of drug-likeness (QED) is 0.829. The zero-order valence-corrected chi connectivity index (χ0v) is 13.5. The van der Waals surface area contributed by atoms with Gasteiger partial charge in [-0.1, -0.05) is 23.2 Å². The second-order valence-corrected chi connectivity index (χ2v) is 5.19. The first kappa shape index (κ1) is 16.3. The van der Waals surface area contributed by atoms with Gasteiger partial charge in [0.1, 0.15) is 5.75 Å². The highest BCUT2D eigenvalue weighted by Gasteiger charge is 2.14. The number of hydrogen-bond acceptors (Lipinski definition) is 4. The molecule has 22 heavy (non-hydrogen) atoms. The van der Waals surface area contributed by atoms with Crippen LogP contribution in [0.1, 0.15) is 10.4 Å². The fourth-order valence-electron chi connectivity index (χ4n) is 1.86. The van der Waals surface area contributed by atoms with Gasteiger partial charge < -0.3 is 20.5 Å². The van der Waals surface area contributed by atoms with E-state index < -0.39 is 0 Å². The Morgan fingerprint density at radius 2 is 1.73 bits per heavy atom. The summed E-state index contributed by atoms with van der Waals surface area (Å²) >= 11 is 12.0. The number of rotatable bonds is 4. The smallest absolute Gasteiger partial charge is 0.255 e. The molecule has 2 rings (SSSR count). The summed E-state index contributed by atoms with van der Waals surface area (Å²) < 4.78 is 10.1. The van der Waals surface area contributed by atoms with Crippen molar-refractivity contribution in [2.45, 2.75) is 0 Å². The summed E-state index contributed by atoms with van der Waals surface area (Å²) in [5, 5.41) is 3.20. The maximum Gasteiger partial charge on any atom is 0.255 e. The average Bonchev–Trinajstić information content (AvgIpc) is 2.48. The monoisotopic (exact) mass is 340 g/mol. The highest BCUT2D eigenvalue weighted by atomic mass is 35.5. The first-order valence-electron chi connectivity index (χ1n) is 6.24. The lowest BCUT2D eigenvalue weighted by atomic mass is 10.2. The van der Waals surface area contributed by atoms with E-state index in [1.165, 1.54) is 26.4 Å². The predicted molar refractivity (Wildman–Crippen MR) is 88.4 cm³/mol. The van der Waals surface area contributed by atoms with Gasteiger partial charge in [0.25, 0.3) is 5.91 Å². The first-order valence-corrected chi connectivity index (χ1v) is 6.99. The number of halogens is 2. The van der Waals surface area contributed by atoms with Gasteiger partial charge in [-0.05, 0) is 24.3 Å². The summed E-state index contributed by atoms with van der Waals surface area (Å²) in [6.07, 6.45) is 0. The fourth-order valence-corrected chi connectivity index (χ4v) is 2.50. The zero-order chi connectivity index (χ0) is 16.3. The Bertz CT molecular complexity index is 697. The van der Waals surface area contributed by atoms with Gasteiger partial charge >= 0.3 is 0 Å². The summed E-state index contributed by atoms with van der Waals surface area (Å²) in [5.41, 5.74) is 7.01. The highest BCUT2D eigenvalue weighted by molar-refractivity contribution is 6.37. The minimum Gasteiger partial charge on any atom is -0.497 e. The molecule has 0 radical (unpaired) electrons. The number of carbonyl (C=O) groups is 1. The third-order valence-electron chi connectivity index (χ3n) is 2.97.